The van der Waals surface area contributed by atoms with Gasteiger partial charge in [-0.2, -0.15) is 0 Å². The Balaban J connectivity index is 2.89. The van der Waals surface area contributed by atoms with E-state index in [1.54, 1.807) is 0 Å². The van der Waals surface area contributed by atoms with Crippen LogP contribution in [0.4, 0.5) is 10.1 Å². The normalized spacial score (nSPS) is 11.2. The largest absolute Gasteiger partial charge is 0.489 e. The highest BCUT2D eigenvalue weighted by molar-refractivity contribution is 7.92. The standard InChI is InChI=1S/C9H13FN2O3S/c1-16(13,14)12-7-2-3-8(10)9(6-7)15-5-4-11/h2-3,6,12H,4-5,11H2,1H3. The van der Waals surface area contributed by atoms with Crippen molar-refractivity contribution in [3.05, 3.63) is 24.0 Å². The Labute approximate surface area is 93.5 Å². The molecule has 90 valence electrons. The van der Waals surface area contributed by atoms with Gasteiger partial charge in [0.1, 0.15) is 6.61 Å². The minimum absolute atomic E-state index is 0.0286. The van der Waals surface area contributed by atoms with Gasteiger partial charge in [-0.05, 0) is 12.1 Å². The maximum Gasteiger partial charge on any atom is 0.229 e. The average molecular weight is 248 g/mol. The smallest absolute Gasteiger partial charge is 0.229 e. The Hall–Kier alpha value is -1.34. The fraction of sp³-hybridized carbons (Fsp3) is 0.333. The van der Waals surface area contributed by atoms with Crippen LogP contribution >= 0.6 is 0 Å². The molecular weight excluding hydrogens is 235 g/mol. The molecule has 7 heteroatoms. The van der Waals surface area contributed by atoms with E-state index in [2.05, 4.69) is 4.72 Å². The zero-order chi connectivity index (χ0) is 12.2. The molecule has 0 spiro atoms. The second kappa shape index (κ2) is 5.13. The van der Waals surface area contributed by atoms with Crippen molar-refractivity contribution in [1.29, 1.82) is 0 Å². The molecule has 1 aromatic carbocycles. The first kappa shape index (κ1) is 12.7. The molecule has 0 aliphatic carbocycles. The van der Waals surface area contributed by atoms with Gasteiger partial charge in [0, 0.05) is 12.6 Å². The molecule has 0 atom stereocenters. The summed E-state index contributed by atoms with van der Waals surface area (Å²) in [5.41, 5.74) is 5.45. The number of ether oxygens (including phenoxy) is 1. The number of nitrogens with two attached hydrogens (primary N) is 1. The molecule has 0 aliphatic rings. The predicted octanol–water partition coefficient (Wildman–Crippen LogP) is 0.535. The molecule has 0 radical (unpaired) electrons. The quantitative estimate of drug-likeness (QED) is 0.796. The van der Waals surface area contributed by atoms with Crippen molar-refractivity contribution >= 4 is 15.7 Å². The molecule has 0 amide bonds. The van der Waals surface area contributed by atoms with Crippen molar-refractivity contribution in [1.82, 2.24) is 0 Å². The van der Waals surface area contributed by atoms with Gasteiger partial charge in [0.2, 0.25) is 10.0 Å². The van der Waals surface area contributed by atoms with Gasteiger partial charge in [-0.1, -0.05) is 0 Å². The maximum absolute atomic E-state index is 13.2. The summed E-state index contributed by atoms with van der Waals surface area (Å²) in [5.74, 6) is -0.591. The first-order valence-corrected chi connectivity index (χ1v) is 6.42. The minimum Gasteiger partial charge on any atom is -0.489 e. The molecule has 0 unspecified atom stereocenters. The van der Waals surface area contributed by atoms with E-state index in [0.29, 0.717) is 0 Å². The van der Waals surface area contributed by atoms with Crippen LogP contribution in [0.15, 0.2) is 18.2 Å². The highest BCUT2D eigenvalue weighted by Gasteiger charge is 2.07. The molecule has 1 aromatic rings. The number of benzene rings is 1. The lowest BCUT2D eigenvalue weighted by Gasteiger charge is -2.08. The van der Waals surface area contributed by atoms with E-state index >= 15 is 0 Å². The summed E-state index contributed by atoms with van der Waals surface area (Å²) in [7, 11) is -3.38. The highest BCUT2D eigenvalue weighted by Crippen LogP contribution is 2.22. The summed E-state index contributed by atoms with van der Waals surface area (Å²) < 4.78 is 42.3. The summed E-state index contributed by atoms with van der Waals surface area (Å²) in [6, 6.07) is 3.71. The van der Waals surface area contributed by atoms with E-state index in [9.17, 15) is 12.8 Å². The molecule has 0 saturated carbocycles. The first-order valence-electron chi connectivity index (χ1n) is 4.52. The van der Waals surface area contributed by atoms with Gasteiger partial charge in [0.15, 0.2) is 11.6 Å². The SMILES string of the molecule is CS(=O)(=O)Nc1ccc(F)c(OCCN)c1. The van der Waals surface area contributed by atoms with Crippen molar-refractivity contribution in [2.45, 2.75) is 0 Å². The number of anilines is 1. The van der Waals surface area contributed by atoms with E-state index in [4.69, 9.17) is 10.5 Å². The number of hydrogen-bond acceptors (Lipinski definition) is 4. The number of nitrogens with one attached hydrogen (secondary N) is 1. The Morgan fingerprint density at radius 3 is 2.75 bits per heavy atom. The topological polar surface area (TPSA) is 81.4 Å². The van der Waals surface area contributed by atoms with E-state index < -0.39 is 15.8 Å². The van der Waals surface area contributed by atoms with Gasteiger partial charge in [-0.3, -0.25) is 4.72 Å². The number of hydrogen-bond donors (Lipinski definition) is 2. The van der Waals surface area contributed by atoms with Gasteiger partial charge in [-0.25, -0.2) is 12.8 Å². The van der Waals surface area contributed by atoms with Crippen molar-refractivity contribution in [3.8, 4) is 5.75 Å². The molecule has 0 bridgehead atoms. The second-order valence-electron chi connectivity index (χ2n) is 3.16. The highest BCUT2D eigenvalue weighted by atomic mass is 32.2. The van der Waals surface area contributed by atoms with Crippen molar-refractivity contribution in [3.63, 3.8) is 0 Å². The van der Waals surface area contributed by atoms with Crippen LogP contribution in [-0.4, -0.2) is 27.8 Å². The van der Waals surface area contributed by atoms with Gasteiger partial charge < -0.3 is 10.5 Å². The van der Waals surface area contributed by atoms with E-state index in [1.807, 2.05) is 0 Å². The summed E-state index contributed by atoms with van der Waals surface area (Å²) in [6.45, 7) is 0.419. The molecule has 16 heavy (non-hydrogen) atoms. The Morgan fingerprint density at radius 2 is 2.19 bits per heavy atom. The van der Waals surface area contributed by atoms with Gasteiger partial charge in [0.05, 0.1) is 11.9 Å². The molecule has 5 nitrogen and oxygen atoms in total. The lowest BCUT2D eigenvalue weighted by Crippen LogP contribution is -2.12. The van der Waals surface area contributed by atoms with Gasteiger partial charge >= 0.3 is 0 Å². The van der Waals surface area contributed by atoms with Crippen LogP contribution in [0.3, 0.4) is 0 Å². The Kier molecular flexibility index (Phi) is 4.08. The summed E-state index contributed by atoms with van der Waals surface area (Å²) in [5, 5.41) is 0. The van der Waals surface area contributed by atoms with E-state index in [-0.39, 0.29) is 24.6 Å². The van der Waals surface area contributed by atoms with Crippen LogP contribution in [-0.2, 0) is 10.0 Å². The van der Waals surface area contributed by atoms with Crippen LogP contribution in [0.1, 0.15) is 0 Å². The average Bonchev–Trinajstić information content (AvgIpc) is 2.17. The third-order valence-electron chi connectivity index (χ3n) is 1.61. The van der Waals surface area contributed by atoms with Gasteiger partial charge in [-0.15, -0.1) is 0 Å². The third kappa shape index (κ3) is 4.03. The maximum atomic E-state index is 13.2. The fourth-order valence-electron chi connectivity index (χ4n) is 1.06. The van der Waals surface area contributed by atoms with Crippen LogP contribution in [0.25, 0.3) is 0 Å². The van der Waals surface area contributed by atoms with Crippen LogP contribution < -0.4 is 15.2 Å². The van der Waals surface area contributed by atoms with Crippen molar-refractivity contribution in [2.75, 3.05) is 24.1 Å². The molecular formula is C9H13FN2O3S. The minimum atomic E-state index is -3.38. The van der Waals surface area contributed by atoms with Crippen LogP contribution in [0, 0.1) is 5.82 Å². The third-order valence-corrected chi connectivity index (χ3v) is 2.22. The van der Waals surface area contributed by atoms with E-state index in [0.717, 1.165) is 12.3 Å². The molecule has 0 fully saturated rings. The molecule has 0 saturated heterocycles. The van der Waals surface area contributed by atoms with Crippen LogP contribution in [0.5, 0.6) is 5.75 Å². The zero-order valence-corrected chi connectivity index (χ0v) is 9.55. The van der Waals surface area contributed by atoms with Crippen molar-refractivity contribution < 1.29 is 17.5 Å². The monoisotopic (exact) mass is 248 g/mol. The Morgan fingerprint density at radius 1 is 1.50 bits per heavy atom. The van der Waals surface area contributed by atoms with Crippen LogP contribution in [0.2, 0.25) is 0 Å². The lowest BCUT2D eigenvalue weighted by atomic mass is 10.3. The number of halogens is 1. The molecule has 1 rings (SSSR count). The molecule has 0 aromatic heterocycles. The van der Waals surface area contributed by atoms with E-state index in [1.165, 1.54) is 12.1 Å². The van der Waals surface area contributed by atoms with Gasteiger partial charge in [0.25, 0.3) is 0 Å². The molecule has 0 aliphatic heterocycles. The summed E-state index contributed by atoms with van der Waals surface area (Å²) in [6.07, 6.45) is 1.01. The number of rotatable bonds is 5. The predicted molar refractivity (Wildman–Crippen MR) is 59.4 cm³/mol. The summed E-state index contributed by atoms with van der Waals surface area (Å²) >= 11 is 0. The Bertz CT molecular complexity index is 462. The molecule has 3 N–H and O–H groups in total. The summed E-state index contributed by atoms with van der Waals surface area (Å²) in [4.78, 5) is 0. The first-order chi connectivity index (χ1) is 7.42. The zero-order valence-electron chi connectivity index (χ0n) is 8.73. The molecule has 0 heterocycles. The lowest BCUT2D eigenvalue weighted by molar-refractivity contribution is 0.311. The fourth-order valence-corrected chi connectivity index (χ4v) is 1.62. The van der Waals surface area contributed by atoms with Crippen molar-refractivity contribution in [2.24, 2.45) is 5.73 Å². The second-order valence-corrected chi connectivity index (χ2v) is 4.91. The number of sulfonamides is 1.